The Morgan fingerprint density at radius 1 is 0.917 bits per heavy atom. The van der Waals surface area contributed by atoms with Gasteiger partial charge in [-0.25, -0.2) is 14.2 Å². The SMILES string of the molecule is O=C(OC(c1ccccc1)c1nc2ccccc2n1Cc1ccccc1F)c1ccccc1[N+](=O)[O-]. The number of imidazole rings is 1. The molecule has 178 valence electrons. The molecule has 0 aliphatic heterocycles. The van der Waals surface area contributed by atoms with Crippen LogP contribution in [0.2, 0.25) is 0 Å². The Morgan fingerprint density at radius 2 is 1.58 bits per heavy atom. The van der Waals surface area contributed by atoms with Crippen molar-refractivity contribution in [2.24, 2.45) is 0 Å². The molecule has 5 aromatic rings. The number of hydrogen-bond donors (Lipinski definition) is 0. The molecule has 0 fully saturated rings. The molecule has 8 heteroatoms. The number of carbonyl (C=O) groups is 1. The van der Waals surface area contributed by atoms with Gasteiger partial charge in [-0.1, -0.05) is 72.8 Å². The maximum absolute atomic E-state index is 14.6. The first-order chi connectivity index (χ1) is 17.5. The van der Waals surface area contributed by atoms with Crippen LogP contribution in [0.25, 0.3) is 11.0 Å². The van der Waals surface area contributed by atoms with Crippen LogP contribution in [0.5, 0.6) is 0 Å². The van der Waals surface area contributed by atoms with Crippen LogP contribution in [-0.2, 0) is 11.3 Å². The van der Waals surface area contributed by atoms with Crippen molar-refractivity contribution in [3.8, 4) is 0 Å². The Kier molecular flexibility index (Phi) is 6.23. The number of esters is 1. The third kappa shape index (κ3) is 4.44. The molecule has 1 aromatic heterocycles. The number of fused-ring (bicyclic) bond motifs is 1. The summed E-state index contributed by atoms with van der Waals surface area (Å²) in [6.45, 7) is 0.148. The first kappa shape index (κ1) is 22.9. The predicted molar refractivity (Wildman–Crippen MR) is 132 cm³/mol. The molecule has 0 aliphatic rings. The van der Waals surface area contributed by atoms with Crippen molar-refractivity contribution in [2.75, 3.05) is 0 Å². The molecule has 1 unspecified atom stereocenters. The van der Waals surface area contributed by atoms with E-state index in [0.29, 0.717) is 22.5 Å². The van der Waals surface area contributed by atoms with E-state index in [9.17, 15) is 19.3 Å². The molecule has 0 saturated carbocycles. The Labute approximate surface area is 205 Å². The number of nitro groups is 1. The van der Waals surface area contributed by atoms with E-state index >= 15 is 0 Å². The molecule has 0 aliphatic carbocycles. The topological polar surface area (TPSA) is 87.3 Å². The van der Waals surface area contributed by atoms with E-state index < -0.39 is 17.0 Å². The zero-order valence-corrected chi connectivity index (χ0v) is 19.0. The Hall–Kier alpha value is -4.85. The second-order valence-corrected chi connectivity index (χ2v) is 8.11. The van der Waals surface area contributed by atoms with E-state index in [-0.39, 0.29) is 23.6 Å². The van der Waals surface area contributed by atoms with Crippen LogP contribution in [-0.4, -0.2) is 20.4 Å². The fourth-order valence-corrected chi connectivity index (χ4v) is 4.13. The van der Waals surface area contributed by atoms with Crippen molar-refractivity contribution in [3.63, 3.8) is 0 Å². The first-order valence-electron chi connectivity index (χ1n) is 11.2. The predicted octanol–water partition coefficient (Wildman–Crippen LogP) is 6.08. The van der Waals surface area contributed by atoms with Gasteiger partial charge in [0.15, 0.2) is 11.9 Å². The minimum absolute atomic E-state index is 0.148. The zero-order chi connectivity index (χ0) is 25.1. The second kappa shape index (κ2) is 9.79. The number of benzene rings is 4. The summed E-state index contributed by atoms with van der Waals surface area (Å²) in [5.74, 6) is -0.854. The number of halogens is 1. The number of carbonyl (C=O) groups excluding carboxylic acids is 1. The van der Waals surface area contributed by atoms with Gasteiger partial charge in [-0.05, 0) is 24.3 Å². The molecule has 1 atom stereocenters. The van der Waals surface area contributed by atoms with Gasteiger partial charge in [0, 0.05) is 17.2 Å². The molecule has 0 radical (unpaired) electrons. The lowest BCUT2D eigenvalue weighted by atomic mass is 10.1. The molecular formula is C28H20FN3O4. The summed E-state index contributed by atoms with van der Waals surface area (Å²) in [5, 5.41) is 11.5. The maximum atomic E-state index is 14.6. The van der Waals surface area contributed by atoms with E-state index in [4.69, 9.17) is 9.72 Å². The monoisotopic (exact) mass is 481 g/mol. The highest BCUT2D eigenvalue weighted by atomic mass is 19.1. The molecule has 0 saturated heterocycles. The first-order valence-corrected chi connectivity index (χ1v) is 11.2. The molecule has 0 spiro atoms. The molecule has 7 nitrogen and oxygen atoms in total. The molecule has 1 heterocycles. The lowest BCUT2D eigenvalue weighted by Gasteiger charge is -2.20. The zero-order valence-electron chi connectivity index (χ0n) is 19.0. The Morgan fingerprint density at radius 3 is 2.36 bits per heavy atom. The highest BCUT2D eigenvalue weighted by Gasteiger charge is 2.29. The summed E-state index contributed by atoms with van der Waals surface area (Å²) in [4.78, 5) is 28.9. The molecule has 5 rings (SSSR count). The minimum atomic E-state index is -1.00. The maximum Gasteiger partial charge on any atom is 0.346 e. The minimum Gasteiger partial charge on any atom is -0.445 e. The summed E-state index contributed by atoms with van der Waals surface area (Å²) in [7, 11) is 0. The summed E-state index contributed by atoms with van der Waals surface area (Å²) in [6.07, 6.45) is -1.00. The van der Waals surface area contributed by atoms with Gasteiger partial charge in [-0.15, -0.1) is 0 Å². The number of aromatic nitrogens is 2. The average Bonchev–Trinajstić information content (AvgIpc) is 3.27. The number of nitrogens with zero attached hydrogens (tertiary/aromatic N) is 3. The second-order valence-electron chi connectivity index (χ2n) is 8.11. The van der Waals surface area contributed by atoms with Gasteiger partial charge < -0.3 is 9.30 Å². The summed E-state index contributed by atoms with van der Waals surface area (Å²) >= 11 is 0. The molecule has 4 aromatic carbocycles. The smallest absolute Gasteiger partial charge is 0.346 e. The van der Waals surface area contributed by atoms with E-state index in [1.807, 2.05) is 30.3 Å². The molecule has 0 N–H and O–H groups in total. The van der Waals surface area contributed by atoms with Crippen molar-refractivity contribution in [2.45, 2.75) is 12.6 Å². The van der Waals surface area contributed by atoms with Gasteiger partial charge in [0.25, 0.3) is 5.69 Å². The van der Waals surface area contributed by atoms with Gasteiger partial charge in [0.2, 0.25) is 0 Å². The number of nitro benzene ring substituents is 1. The quantitative estimate of drug-likeness (QED) is 0.160. The lowest BCUT2D eigenvalue weighted by molar-refractivity contribution is -0.385. The van der Waals surface area contributed by atoms with E-state index in [1.165, 1.54) is 30.3 Å². The van der Waals surface area contributed by atoms with Crippen molar-refractivity contribution in [1.82, 2.24) is 9.55 Å². The summed E-state index contributed by atoms with van der Waals surface area (Å²) in [5.41, 5.74) is 1.92. The van der Waals surface area contributed by atoms with Crippen LogP contribution in [0.4, 0.5) is 10.1 Å². The molecule has 36 heavy (non-hydrogen) atoms. The third-order valence-electron chi connectivity index (χ3n) is 5.85. The lowest BCUT2D eigenvalue weighted by Crippen LogP contribution is -2.19. The van der Waals surface area contributed by atoms with Gasteiger partial charge in [0.05, 0.1) is 22.5 Å². The number of hydrogen-bond acceptors (Lipinski definition) is 5. The van der Waals surface area contributed by atoms with Crippen molar-refractivity contribution < 1.29 is 18.8 Å². The summed E-state index contributed by atoms with van der Waals surface area (Å²) < 4.78 is 22.3. The number of para-hydroxylation sites is 3. The molecule has 0 bridgehead atoms. The fraction of sp³-hybridized carbons (Fsp3) is 0.0714. The summed E-state index contributed by atoms with van der Waals surface area (Å²) in [6, 6.07) is 28.4. The van der Waals surface area contributed by atoms with Gasteiger partial charge >= 0.3 is 5.97 Å². The average molecular weight is 481 g/mol. The van der Waals surface area contributed by atoms with E-state index in [2.05, 4.69) is 0 Å². The van der Waals surface area contributed by atoms with E-state index in [1.54, 1.807) is 47.0 Å². The van der Waals surface area contributed by atoms with E-state index in [0.717, 1.165) is 5.52 Å². The Bertz CT molecular complexity index is 1570. The Balaban J connectivity index is 1.65. The normalized spacial score (nSPS) is 11.8. The standard InChI is InChI=1S/C28H20FN3O4/c29-22-14-6-4-12-20(22)18-31-25-17-9-7-15-23(25)30-27(31)26(19-10-2-1-3-11-19)36-28(33)21-13-5-8-16-24(21)32(34)35/h1-17,26H,18H2. The number of ether oxygens (including phenoxy) is 1. The van der Waals surface area contributed by atoms with Gasteiger partial charge in [-0.2, -0.15) is 0 Å². The molecular weight excluding hydrogens is 461 g/mol. The van der Waals surface area contributed by atoms with Crippen LogP contribution < -0.4 is 0 Å². The van der Waals surface area contributed by atoms with Gasteiger partial charge in [0.1, 0.15) is 11.4 Å². The van der Waals surface area contributed by atoms with Crippen LogP contribution >= 0.6 is 0 Å². The van der Waals surface area contributed by atoms with Crippen molar-refractivity contribution >= 4 is 22.7 Å². The highest BCUT2D eigenvalue weighted by molar-refractivity contribution is 5.94. The largest absolute Gasteiger partial charge is 0.445 e. The van der Waals surface area contributed by atoms with Crippen LogP contribution in [0.3, 0.4) is 0 Å². The fourth-order valence-electron chi connectivity index (χ4n) is 4.13. The van der Waals surface area contributed by atoms with Crippen molar-refractivity contribution in [1.29, 1.82) is 0 Å². The van der Waals surface area contributed by atoms with Crippen LogP contribution in [0.15, 0.2) is 103 Å². The van der Waals surface area contributed by atoms with Crippen molar-refractivity contribution in [3.05, 3.63) is 142 Å². The van der Waals surface area contributed by atoms with Crippen LogP contribution in [0, 0.1) is 15.9 Å². The highest BCUT2D eigenvalue weighted by Crippen LogP contribution is 2.32. The molecule has 0 amide bonds. The van der Waals surface area contributed by atoms with Crippen LogP contribution in [0.1, 0.15) is 33.4 Å². The third-order valence-corrected chi connectivity index (χ3v) is 5.85. The number of rotatable bonds is 7. The van der Waals surface area contributed by atoms with Gasteiger partial charge in [-0.3, -0.25) is 10.1 Å².